The van der Waals surface area contributed by atoms with E-state index in [-0.39, 0.29) is 31.2 Å². The molecule has 2 nitrogen and oxygen atoms in total. The third-order valence-corrected chi connectivity index (χ3v) is 5.44. The van der Waals surface area contributed by atoms with Crippen LogP contribution in [0.1, 0.15) is 44.9 Å². The second-order valence-corrected chi connectivity index (χ2v) is 7.05. The Labute approximate surface area is 127 Å². The molecule has 2 heterocycles. The van der Waals surface area contributed by atoms with E-state index in [0.29, 0.717) is 11.8 Å². The molecule has 0 aromatic heterocycles. The van der Waals surface area contributed by atoms with E-state index in [0.717, 1.165) is 39.1 Å². The van der Waals surface area contributed by atoms with Gasteiger partial charge in [0.25, 0.3) is 0 Å². The number of hydrogen-bond acceptors (Lipinski definition) is 2. The Balaban J connectivity index is 0.00000147. The van der Waals surface area contributed by atoms with Gasteiger partial charge in [-0.2, -0.15) is 0 Å². The molecule has 0 amide bonds. The number of likely N-dealkylation sites (tertiary alicyclic amines) is 1. The summed E-state index contributed by atoms with van der Waals surface area (Å²) in [5, 5.41) is 3.43. The highest BCUT2D eigenvalue weighted by Crippen LogP contribution is 2.41. The standard InChI is InChI=1S/C15H26F2N2.ClH/c16-15(17)3-1-2-13(10-15)11-19-9-6-14(12-19)4-7-18-8-5-14;/h13,18H,1-12H2;1H. The van der Waals surface area contributed by atoms with Gasteiger partial charge < -0.3 is 10.2 Å². The smallest absolute Gasteiger partial charge is 0.248 e. The number of hydrogen-bond donors (Lipinski definition) is 1. The molecule has 2 aliphatic heterocycles. The van der Waals surface area contributed by atoms with Crippen molar-refractivity contribution < 1.29 is 8.78 Å². The van der Waals surface area contributed by atoms with Crippen LogP contribution in [-0.4, -0.2) is 43.5 Å². The zero-order valence-corrected chi connectivity index (χ0v) is 13.0. The molecule has 1 atom stereocenters. The van der Waals surface area contributed by atoms with Crippen LogP contribution in [-0.2, 0) is 0 Å². The van der Waals surface area contributed by atoms with Gasteiger partial charge in [0.1, 0.15) is 0 Å². The Kier molecular flexibility index (Phi) is 5.30. The molecule has 0 bridgehead atoms. The Hall–Kier alpha value is 0.0700. The lowest BCUT2D eigenvalue weighted by Crippen LogP contribution is -2.40. The monoisotopic (exact) mass is 308 g/mol. The summed E-state index contributed by atoms with van der Waals surface area (Å²) in [6.07, 6.45) is 5.75. The van der Waals surface area contributed by atoms with Crippen LogP contribution < -0.4 is 5.32 Å². The molecular weight excluding hydrogens is 282 g/mol. The van der Waals surface area contributed by atoms with Crippen molar-refractivity contribution in [2.75, 3.05) is 32.7 Å². The molecule has 1 unspecified atom stereocenters. The SMILES string of the molecule is Cl.FC1(F)CCCC(CN2CCC3(CCNCC3)C2)C1. The van der Waals surface area contributed by atoms with Gasteiger partial charge in [0.05, 0.1) is 0 Å². The molecule has 1 N–H and O–H groups in total. The number of rotatable bonds is 2. The molecule has 118 valence electrons. The minimum atomic E-state index is -2.39. The van der Waals surface area contributed by atoms with Gasteiger partial charge in [0, 0.05) is 25.9 Å². The molecular formula is C15H27ClF2N2. The minimum absolute atomic E-state index is 0. The van der Waals surface area contributed by atoms with Crippen molar-refractivity contribution >= 4 is 12.4 Å². The van der Waals surface area contributed by atoms with Gasteiger partial charge in [-0.25, -0.2) is 8.78 Å². The topological polar surface area (TPSA) is 15.3 Å². The highest BCUT2D eigenvalue weighted by Gasteiger charge is 2.41. The first-order valence-electron chi connectivity index (χ1n) is 7.88. The fourth-order valence-electron chi connectivity index (χ4n) is 4.35. The summed E-state index contributed by atoms with van der Waals surface area (Å²) in [7, 11) is 0. The average molecular weight is 309 g/mol. The van der Waals surface area contributed by atoms with E-state index in [2.05, 4.69) is 10.2 Å². The summed E-state index contributed by atoms with van der Waals surface area (Å²) in [4.78, 5) is 2.47. The molecule has 3 aliphatic rings. The molecule has 1 aliphatic carbocycles. The van der Waals surface area contributed by atoms with Crippen LogP contribution in [0.25, 0.3) is 0 Å². The molecule has 1 saturated carbocycles. The maximum atomic E-state index is 13.4. The van der Waals surface area contributed by atoms with Crippen molar-refractivity contribution in [3.8, 4) is 0 Å². The molecule has 5 heteroatoms. The number of piperidine rings is 1. The van der Waals surface area contributed by atoms with Crippen LogP contribution in [0.3, 0.4) is 0 Å². The highest BCUT2D eigenvalue weighted by molar-refractivity contribution is 5.85. The predicted molar refractivity (Wildman–Crippen MR) is 79.7 cm³/mol. The van der Waals surface area contributed by atoms with E-state index in [9.17, 15) is 8.78 Å². The Morgan fingerprint density at radius 3 is 2.55 bits per heavy atom. The lowest BCUT2D eigenvalue weighted by molar-refractivity contribution is -0.0564. The minimum Gasteiger partial charge on any atom is -0.317 e. The van der Waals surface area contributed by atoms with Crippen LogP contribution >= 0.6 is 12.4 Å². The van der Waals surface area contributed by atoms with Crippen molar-refractivity contribution in [3.63, 3.8) is 0 Å². The van der Waals surface area contributed by atoms with E-state index in [1.165, 1.54) is 19.3 Å². The van der Waals surface area contributed by atoms with E-state index in [4.69, 9.17) is 0 Å². The summed E-state index contributed by atoms with van der Waals surface area (Å²) in [5.41, 5.74) is 0.502. The number of alkyl halides is 2. The quantitative estimate of drug-likeness (QED) is 0.842. The lowest BCUT2D eigenvalue weighted by Gasteiger charge is -2.35. The van der Waals surface area contributed by atoms with Crippen LogP contribution in [0.4, 0.5) is 8.78 Å². The van der Waals surface area contributed by atoms with E-state index in [1.54, 1.807) is 0 Å². The van der Waals surface area contributed by atoms with Crippen molar-refractivity contribution in [1.29, 1.82) is 0 Å². The second kappa shape index (κ2) is 6.45. The third-order valence-electron chi connectivity index (χ3n) is 5.44. The summed E-state index contributed by atoms with van der Waals surface area (Å²) in [5.74, 6) is -2.17. The predicted octanol–water partition coefficient (Wildman–Crippen LogP) is 3.31. The van der Waals surface area contributed by atoms with Crippen molar-refractivity contribution in [2.24, 2.45) is 11.3 Å². The Bertz CT molecular complexity index is 319. The fraction of sp³-hybridized carbons (Fsp3) is 1.00. The lowest BCUT2D eigenvalue weighted by atomic mass is 9.78. The summed E-state index contributed by atoms with van der Waals surface area (Å²) in [6, 6.07) is 0. The summed E-state index contributed by atoms with van der Waals surface area (Å²) >= 11 is 0. The van der Waals surface area contributed by atoms with Crippen LogP contribution in [0.2, 0.25) is 0 Å². The molecule has 0 aromatic carbocycles. The highest BCUT2D eigenvalue weighted by atomic mass is 35.5. The Morgan fingerprint density at radius 1 is 1.10 bits per heavy atom. The number of nitrogens with zero attached hydrogens (tertiary/aromatic N) is 1. The number of halogens is 3. The first kappa shape index (κ1) is 16.4. The Morgan fingerprint density at radius 2 is 1.85 bits per heavy atom. The number of nitrogens with one attached hydrogen (secondary N) is 1. The normalized spacial score (nSPS) is 33.0. The van der Waals surface area contributed by atoms with Crippen molar-refractivity contribution in [3.05, 3.63) is 0 Å². The van der Waals surface area contributed by atoms with Gasteiger partial charge in [-0.15, -0.1) is 12.4 Å². The van der Waals surface area contributed by atoms with Gasteiger partial charge in [-0.05, 0) is 63.1 Å². The van der Waals surface area contributed by atoms with Crippen molar-refractivity contribution in [2.45, 2.75) is 50.9 Å². The van der Waals surface area contributed by atoms with E-state index < -0.39 is 5.92 Å². The van der Waals surface area contributed by atoms with Crippen LogP contribution in [0, 0.1) is 11.3 Å². The molecule has 1 spiro atoms. The molecule has 3 fully saturated rings. The summed E-state index contributed by atoms with van der Waals surface area (Å²) in [6.45, 7) is 5.45. The van der Waals surface area contributed by atoms with Gasteiger partial charge in [-0.1, -0.05) is 0 Å². The van der Waals surface area contributed by atoms with E-state index >= 15 is 0 Å². The van der Waals surface area contributed by atoms with E-state index in [1.807, 2.05) is 0 Å². The molecule has 2 saturated heterocycles. The maximum absolute atomic E-state index is 13.4. The van der Waals surface area contributed by atoms with Gasteiger partial charge in [-0.3, -0.25) is 0 Å². The summed E-state index contributed by atoms with van der Waals surface area (Å²) < 4.78 is 26.9. The van der Waals surface area contributed by atoms with Crippen LogP contribution in [0.15, 0.2) is 0 Å². The molecule has 0 aromatic rings. The second-order valence-electron chi connectivity index (χ2n) is 7.05. The van der Waals surface area contributed by atoms with Gasteiger partial charge >= 0.3 is 0 Å². The van der Waals surface area contributed by atoms with Crippen molar-refractivity contribution in [1.82, 2.24) is 10.2 Å². The van der Waals surface area contributed by atoms with Crippen LogP contribution in [0.5, 0.6) is 0 Å². The molecule has 0 radical (unpaired) electrons. The zero-order valence-electron chi connectivity index (χ0n) is 12.2. The van der Waals surface area contributed by atoms with Gasteiger partial charge in [0.2, 0.25) is 5.92 Å². The first-order valence-corrected chi connectivity index (χ1v) is 7.88. The largest absolute Gasteiger partial charge is 0.317 e. The maximum Gasteiger partial charge on any atom is 0.248 e. The first-order chi connectivity index (χ1) is 9.07. The third kappa shape index (κ3) is 3.83. The molecule has 3 rings (SSSR count). The zero-order chi connectivity index (χ0) is 13.3. The average Bonchev–Trinajstić information content (AvgIpc) is 2.72. The van der Waals surface area contributed by atoms with Gasteiger partial charge in [0.15, 0.2) is 0 Å². The molecule has 20 heavy (non-hydrogen) atoms. The fourth-order valence-corrected chi connectivity index (χ4v) is 4.35.